The normalized spacial score (nSPS) is 21.2. The Morgan fingerprint density at radius 2 is 2.03 bits per heavy atom. The predicted molar refractivity (Wildman–Crippen MR) is 107 cm³/mol. The standard InChI is InChI=1S/C20H20F3N3O4S/c1-31(28,29)14-4-2-3-13(10-14)25-19(27)15-9-12(20(21,22)23)11-24-18(15)26-7-5-17-16(26)6-8-30-17/h2-4,9-11,16-17H,5-8H2,1H3,(H,25,27). The van der Waals surface area contributed by atoms with Crippen molar-refractivity contribution in [1.29, 1.82) is 0 Å². The number of ether oxygens (including phenoxy) is 1. The van der Waals surface area contributed by atoms with E-state index in [0.717, 1.165) is 18.5 Å². The van der Waals surface area contributed by atoms with Gasteiger partial charge in [-0.15, -0.1) is 0 Å². The summed E-state index contributed by atoms with van der Waals surface area (Å²) in [6.45, 7) is 1.06. The van der Waals surface area contributed by atoms with Gasteiger partial charge in [0, 0.05) is 31.3 Å². The summed E-state index contributed by atoms with van der Waals surface area (Å²) in [6, 6.07) is 6.25. The zero-order chi connectivity index (χ0) is 22.4. The highest BCUT2D eigenvalue weighted by molar-refractivity contribution is 7.90. The van der Waals surface area contributed by atoms with E-state index in [1.165, 1.54) is 24.3 Å². The maximum Gasteiger partial charge on any atom is 0.417 e. The molecule has 166 valence electrons. The molecule has 11 heteroatoms. The minimum absolute atomic E-state index is 0.0156. The van der Waals surface area contributed by atoms with Crippen molar-refractivity contribution in [2.24, 2.45) is 0 Å². The molecule has 1 amide bonds. The van der Waals surface area contributed by atoms with E-state index in [2.05, 4.69) is 10.3 Å². The molecule has 2 saturated heterocycles. The highest BCUT2D eigenvalue weighted by Gasteiger charge is 2.41. The van der Waals surface area contributed by atoms with Crippen LogP contribution in [0.25, 0.3) is 0 Å². The molecule has 7 nitrogen and oxygen atoms in total. The lowest BCUT2D eigenvalue weighted by Gasteiger charge is -2.26. The van der Waals surface area contributed by atoms with Crippen molar-refractivity contribution in [1.82, 2.24) is 4.98 Å². The van der Waals surface area contributed by atoms with Crippen molar-refractivity contribution >= 4 is 27.2 Å². The molecule has 1 aromatic carbocycles. The number of pyridine rings is 1. The molecule has 31 heavy (non-hydrogen) atoms. The largest absolute Gasteiger partial charge is 0.417 e. The third kappa shape index (κ3) is 4.38. The van der Waals surface area contributed by atoms with Crippen molar-refractivity contribution in [3.05, 3.63) is 47.7 Å². The van der Waals surface area contributed by atoms with Crippen molar-refractivity contribution in [2.75, 3.05) is 29.6 Å². The number of carbonyl (C=O) groups excluding carboxylic acids is 1. The minimum atomic E-state index is -4.67. The third-order valence-corrected chi connectivity index (χ3v) is 6.57. The lowest BCUT2D eigenvalue weighted by molar-refractivity contribution is -0.137. The first-order valence-corrected chi connectivity index (χ1v) is 11.5. The number of sulfone groups is 1. The van der Waals surface area contributed by atoms with Crippen LogP contribution in [0.5, 0.6) is 0 Å². The van der Waals surface area contributed by atoms with E-state index in [4.69, 9.17) is 4.74 Å². The highest BCUT2D eigenvalue weighted by atomic mass is 32.2. The molecule has 2 unspecified atom stereocenters. The van der Waals surface area contributed by atoms with Crippen LogP contribution in [0.2, 0.25) is 0 Å². The van der Waals surface area contributed by atoms with Crippen LogP contribution < -0.4 is 10.2 Å². The SMILES string of the molecule is CS(=O)(=O)c1cccc(NC(=O)c2cc(C(F)(F)F)cnc2N2CCC3OCCC32)c1. The topological polar surface area (TPSA) is 88.6 Å². The summed E-state index contributed by atoms with van der Waals surface area (Å²) in [5.74, 6) is -0.649. The molecular formula is C20H20F3N3O4S. The van der Waals surface area contributed by atoms with Gasteiger partial charge in [-0.2, -0.15) is 13.2 Å². The van der Waals surface area contributed by atoms with Crippen molar-refractivity contribution in [3.8, 4) is 0 Å². The van der Waals surface area contributed by atoms with E-state index in [-0.39, 0.29) is 34.1 Å². The fourth-order valence-corrected chi connectivity index (χ4v) is 4.64. The maximum atomic E-state index is 13.3. The Morgan fingerprint density at radius 1 is 1.26 bits per heavy atom. The molecule has 2 aliphatic rings. The Morgan fingerprint density at radius 3 is 2.74 bits per heavy atom. The van der Waals surface area contributed by atoms with Gasteiger partial charge < -0.3 is 15.0 Å². The molecule has 0 saturated carbocycles. The van der Waals surface area contributed by atoms with Crippen LogP contribution in [0.3, 0.4) is 0 Å². The van der Waals surface area contributed by atoms with Crippen LogP contribution in [0.1, 0.15) is 28.8 Å². The Kier molecular flexibility index (Phi) is 5.42. The molecule has 1 aromatic heterocycles. The Bertz CT molecular complexity index is 1120. The second kappa shape index (κ2) is 7.79. The first-order valence-electron chi connectivity index (χ1n) is 9.61. The van der Waals surface area contributed by atoms with Gasteiger partial charge in [-0.25, -0.2) is 13.4 Å². The maximum absolute atomic E-state index is 13.3. The van der Waals surface area contributed by atoms with Gasteiger partial charge >= 0.3 is 6.18 Å². The van der Waals surface area contributed by atoms with Gasteiger partial charge in [0.15, 0.2) is 9.84 Å². The molecule has 2 aliphatic heterocycles. The number of hydrogen-bond acceptors (Lipinski definition) is 6. The number of rotatable bonds is 4. The molecule has 0 aliphatic carbocycles. The summed E-state index contributed by atoms with van der Waals surface area (Å²) in [5, 5.41) is 2.50. The van der Waals surface area contributed by atoms with Gasteiger partial charge in [0.25, 0.3) is 5.91 Å². The average Bonchev–Trinajstić information content (AvgIpc) is 3.30. The van der Waals surface area contributed by atoms with Crippen molar-refractivity contribution in [2.45, 2.75) is 36.1 Å². The molecule has 0 radical (unpaired) electrons. The quantitative estimate of drug-likeness (QED) is 0.762. The number of amides is 1. The van der Waals surface area contributed by atoms with Gasteiger partial charge in [-0.3, -0.25) is 4.79 Å². The molecule has 2 fully saturated rings. The van der Waals surface area contributed by atoms with E-state index in [1.54, 1.807) is 0 Å². The predicted octanol–water partition coefficient (Wildman–Crippen LogP) is 3.12. The van der Waals surface area contributed by atoms with Crippen LogP contribution in [0.15, 0.2) is 41.4 Å². The van der Waals surface area contributed by atoms with Crippen molar-refractivity contribution < 1.29 is 31.1 Å². The Labute approximate surface area is 177 Å². The van der Waals surface area contributed by atoms with Crippen LogP contribution in [-0.2, 0) is 20.8 Å². The lowest BCUT2D eigenvalue weighted by atomic mass is 10.1. The molecule has 4 rings (SSSR count). The number of carbonyl (C=O) groups is 1. The first-order chi connectivity index (χ1) is 14.5. The van der Waals surface area contributed by atoms with Gasteiger partial charge in [0.05, 0.1) is 28.2 Å². The number of benzene rings is 1. The van der Waals surface area contributed by atoms with Crippen LogP contribution in [-0.4, -0.2) is 50.9 Å². The molecular weight excluding hydrogens is 435 g/mol. The Balaban J connectivity index is 1.71. The monoisotopic (exact) mass is 455 g/mol. The molecule has 0 spiro atoms. The van der Waals surface area contributed by atoms with E-state index in [9.17, 15) is 26.4 Å². The van der Waals surface area contributed by atoms with Gasteiger partial charge in [-0.1, -0.05) is 6.07 Å². The molecule has 2 aromatic rings. The first kappa shape index (κ1) is 21.6. The number of aromatic nitrogens is 1. The number of nitrogens with one attached hydrogen (secondary N) is 1. The minimum Gasteiger partial charge on any atom is -0.376 e. The van der Waals surface area contributed by atoms with Crippen molar-refractivity contribution in [3.63, 3.8) is 0 Å². The zero-order valence-electron chi connectivity index (χ0n) is 16.5. The van der Waals surface area contributed by atoms with Crippen LogP contribution >= 0.6 is 0 Å². The smallest absolute Gasteiger partial charge is 0.376 e. The van der Waals surface area contributed by atoms with E-state index < -0.39 is 27.5 Å². The van der Waals surface area contributed by atoms with E-state index in [1.807, 2.05) is 4.90 Å². The second-order valence-corrected chi connectivity index (χ2v) is 9.61. The summed E-state index contributed by atoms with van der Waals surface area (Å²) in [5.41, 5.74) is -1.11. The molecule has 1 N–H and O–H groups in total. The number of nitrogens with zero attached hydrogens (tertiary/aromatic N) is 2. The average molecular weight is 455 g/mol. The summed E-state index contributed by atoms with van der Waals surface area (Å²) >= 11 is 0. The fraction of sp³-hybridized carbons (Fsp3) is 0.400. The van der Waals surface area contributed by atoms with E-state index in [0.29, 0.717) is 26.0 Å². The fourth-order valence-electron chi connectivity index (χ4n) is 3.98. The van der Waals surface area contributed by atoms with Gasteiger partial charge in [0.2, 0.25) is 0 Å². The van der Waals surface area contributed by atoms with Crippen LogP contribution in [0.4, 0.5) is 24.7 Å². The highest BCUT2D eigenvalue weighted by Crippen LogP contribution is 2.37. The molecule has 3 heterocycles. The summed E-state index contributed by atoms with van der Waals surface area (Å²) in [4.78, 5) is 18.8. The number of alkyl halides is 3. The second-order valence-electron chi connectivity index (χ2n) is 7.59. The van der Waals surface area contributed by atoms with E-state index >= 15 is 0 Å². The number of anilines is 2. The third-order valence-electron chi connectivity index (χ3n) is 5.46. The summed E-state index contributed by atoms with van der Waals surface area (Å²) in [7, 11) is -3.52. The summed E-state index contributed by atoms with van der Waals surface area (Å²) < 4.78 is 69.1. The van der Waals surface area contributed by atoms with Gasteiger partial charge in [0.1, 0.15) is 5.82 Å². The molecule has 2 atom stereocenters. The number of hydrogen-bond donors (Lipinski definition) is 1. The number of halogens is 3. The lowest BCUT2D eigenvalue weighted by Crippen LogP contribution is -2.34. The number of fused-ring (bicyclic) bond motifs is 1. The molecule has 0 bridgehead atoms. The summed E-state index contributed by atoms with van der Waals surface area (Å²) in [6.07, 6.45) is -1.56. The zero-order valence-corrected chi connectivity index (χ0v) is 17.3. The Hall–Kier alpha value is -2.66. The van der Waals surface area contributed by atoms with Crippen LogP contribution in [0, 0.1) is 0 Å². The van der Waals surface area contributed by atoms with Gasteiger partial charge in [-0.05, 0) is 37.1 Å².